The summed E-state index contributed by atoms with van der Waals surface area (Å²) in [6.07, 6.45) is 8.01. The molecule has 0 saturated heterocycles. The summed E-state index contributed by atoms with van der Waals surface area (Å²) in [5.74, 6) is -0.197. The highest BCUT2D eigenvalue weighted by atomic mass is 16.4. The quantitative estimate of drug-likeness (QED) is 0.861. The molecule has 1 aromatic carbocycles. The molecule has 2 nitrogen and oxygen atoms in total. The number of carboxylic acids is 1. The number of carbonyl (C=O) groups is 1. The van der Waals surface area contributed by atoms with Gasteiger partial charge >= 0.3 is 5.97 Å². The molecular weight excluding hydrogens is 212 g/mol. The number of hydrogen-bond acceptors (Lipinski definition) is 1. The largest absolute Gasteiger partial charge is 0.481 e. The van der Waals surface area contributed by atoms with E-state index in [-0.39, 0.29) is 5.92 Å². The molecule has 0 atom stereocenters. The molecule has 2 rings (SSSR count). The number of rotatable bonds is 3. The standard InChI is InChI=1S/C15H18O2/c16-15(17)14-10-8-13(9-11-14)7-6-12-4-2-1-3-5-12/h1-7,13-14H,8-11H2,(H,16,17)/b7-6+. The number of carboxylic acid groups (broad SMARTS) is 1. The van der Waals surface area contributed by atoms with Crippen LogP contribution in [-0.2, 0) is 4.79 Å². The van der Waals surface area contributed by atoms with Crippen LogP contribution >= 0.6 is 0 Å². The highest BCUT2D eigenvalue weighted by Crippen LogP contribution is 2.30. The van der Waals surface area contributed by atoms with Gasteiger partial charge in [0.15, 0.2) is 0 Å². The summed E-state index contributed by atoms with van der Waals surface area (Å²) >= 11 is 0. The second-order valence-electron chi connectivity index (χ2n) is 4.72. The predicted octanol–water partition coefficient (Wildman–Crippen LogP) is 3.59. The van der Waals surface area contributed by atoms with Crippen LogP contribution in [0.5, 0.6) is 0 Å². The third-order valence-corrected chi connectivity index (χ3v) is 3.48. The zero-order chi connectivity index (χ0) is 12.1. The molecule has 1 fully saturated rings. The van der Waals surface area contributed by atoms with Gasteiger partial charge in [-0.2, -0.15) is 0 Å². The lowest BCUT2D eigenvalue weighted by Crippen LogP contribution is -2.20. The molecule has 0 unspecified atom stereocenters. The number of aliphatic carboxylic acids is 1. The molecule has 0 radical (unpaired) electrons. The molecule has 0 heterocycles. The van der Waals surface area contributed by atoms with Crippen LogP contribution < -0.4 is 0 Å². The van der Waals surface area contributed by atoms with Crippen molar-refractivity contribution in [2.45, 2.75) is 25.7 Å². The average Bonchev–Trinajstić information content (AvgIpc) is 2.38. The van der Waals surface area contributed by atoms with Gasteiger partial charge in [-0.15, -0.1) is 0 Å². The van der Waals surface area contributed by atoms with Gasteiger partial charge in [0.1, 0.15) is 0 Å². The van der Waals surface area contributed by atoms with Crippen LogP contribution in [0.15, 0.2) is 36.4 Å². The van der Waals surface area contributed by atoms with Gasteiger partial charge in [-0.05, 0) is 37.2 Å². The van der Waals surface area contributed by atoms with Crippen LogP contribution in [0.4, 0.5) is 0 Å². The van der Waals surface area contributed by atoms with E-state index in [2.05, 4.69) is 24.3 Å². The molecule has 0 spiro atoms. The van der Waals surface area contributed by atoms with E-state index in [9.17, 15) is 4.79 Å². The molecule has 0 bridgehead atoms. The lowest BCUT2D eigenvalue weighted by molar-refractivity contribution is -0.142. The smallest absolute Gasteiger partial charge is 0.306 e. The van der Waals surface area contributed by atoms with Crippen molar-refractivity contribution in [3.63, 3.8) is 0 Å². The molecule has 2 heteroatoms. The fourth-order valence-corrected chi connectivity index (χ4v) is 2.37. The minimum atomic E-state index is -0.629. The van der Waals surface area contributed by atoms with Crippen molar-refractivity contribution in [2.24, 2.45) is 11.8 Å². The van der Waals surface area contributed by atoms with Crippen LogP contribution in [0.2, 0.25) is 0 Å². The minimum absolute atomic E-state index is 0.114. The molecule has 1 aromatic rings. The van der Waals surface area contributed by atoms with Gasteiger partial charge in [0, 0.05) is 0 Å². The average molecular weight is 230 g/mol. The molecular formula is C15H18O2. The fourth-order valence-electron chi connectivity index (χ4n) is 2.37. The van der Waals surface area contributed by atoms with Crippen LogP contribution in [0.1, 0.15) is 31.2 Å². The summed E-state index contributed by atoms with van der Waals surface area (Å²) in [4.78, 5) is 10.8. The first kappa shape index (κ1) is 11.9. The first-order valence-electron chi connectivity index (χ1n) is 6.22. The van der Waals surface area contributed by atoms with Gasteiger partial charge < -0.3 is 5.11 Å². The first-order valence-corrected chi connectivity index (χ1v) is 6.22. The van der Waals surface area contributed by atoms with E-state index in [1.807, 2.05) is 18.2 Å². The molecule has 0 aromatic heterocycles. The van der Waals surface area contributed by atoms with Crippen molar-refractivity contribution in [1.29, 1.82) is 0 Å². The Hall–Kier alpha value is -1.57. The van der Waals surface area contributed by atoms with E-state index in [4.69, 9.17) is 5.11 Å². The Labute approximate surface area is 102 Å². The lowest BCUT2D eigenvalue weighted by Gasteiger charge is -2.23. The van der Waals surface area contributed by atoms with Gasteiger partial charge in [0.2, 0.25) is 0 Å². The second kappa shape index (κ2) is 5.67. The van der Waals surface area contributed by atoms with Gasteiger partial charge in [0.05, 0.1) is 5.92 Å². The van der Waals surface area contributed by atoms with Gasteiger partial charge in [0.25, 0.3) is 0 Å². The first-order chi connectivity index (χ1) is 8.25. The second-order valence-corrected chi connectivity index (χ2v) is 4.72. The number of benzene rings is 1. The Kier molecular flexibility index (Phi) is 3.97. The Bertz CT molecular complexity index is 387. The van der Waals surface area contributed by atoms with Crippen LogP contribution in [0, 0.1) is 11.8 Å². The Morgan fingerprint density at radius 1 is 1.12 bits per heavy atom. The maximum atomic E-state index is 10.8. The summed E-state index contributed by atoms with van der Waals surface area (Å²) in [6, 6.07) is 10.2. The highest BCUT2D eigenvalue weighted by Gasteiger charge is 2.24. The predicted molar refractivity (Wildman–Crippen MR) is 68.6 cm³/mol. The van der Waals surface area contributed by atoms with Crippen molar-refractivity contribution in [3.8, 4) is 0 Å². The highest BCUT2D eigenvalue weighted by molar-refractivity contribution is 5.70. The molecule has 1 aliphatic rings. The Morgan fingerprint density at radius 2 is 1.76 bits per heavy atom. The molecule has 17 heavy (non-hydrogen) atoms. The molecule has 0 aliphatic heterocycles. The van der Waals surface area contributed by atoms with Crippen LogP contribution in [0.25, 0.3) is 6.08 Å². The maximum absolute atomic E-state index is 10.8. The van der Waals surface area contributed by atoms with Crippen molar-refractivity contribution in [2.75, 3.05) is 0 Å². The minimum Gasteiger partial charge on any atom is -0.481 e. The summed E-state index contributed by atoms with van der Waals surface area (Å²) < 4.78 is 0. The summed E-state index contributed by atoms with van der Waals surface area (Å²) in [5.41, 5.74) is 1.22. The van der Waals surface area contributed by atoms with Crippen molar-refractivity contribution in [1.82, 2.24) is 0 Å². The zero-order valence-corrected chi connectivity index (χ0v) is 9.88. The van der Waals surface area contributed by atoms with Crippen molar-refractivity contribution < 1.29 is 9.90 Å². The summed E-state index contributed by atoms with van der Waals surface area (Å²) in [5, 5.41) is 8.91. The molecule has 1 aliphatic carbocycles. The fraction of sp³-hybridized carbons (Fsp3) is 0.400. The Morgan fingerprint density at radius 3 is 2.35 bits per heavy atom. The molecule has 90 valence electrons. The lowest BCUT2D eigenvalue weighted by atomic mass is 9.82. The van der Waals surface area contributed by atoms with Gasteiger partial charge in [-0.3, -0.25) is 4.79 Å². The van der Waals surface area contributed by atoms with E-state index in [1.165, 1.54) is 5.56 Å². The van der Waals surface area contributed by atoms with E-state index >= 15 is 0 Å². The van der Waals surface area contributed by atoms with E-state index in [0.717, 1.165) is 25.7 Å². The molecule has 1 N–H and O–H groups in total. The summed E-state index contributed by atoms with van der Waals surface area (Å²) in [6.45, 7) is 0. The Balaban J connectivity index is 1.86. The van der Waals surface area contributed by atoms with Crippen molar-refractivity contribution >= 4 is 12.0 Å². The third kappa shape index (κ3) is 3.45. The molecule has 1 saturated carbocycles. The summed E-state index contributed by atoms with van der Waals surface area (Å²) in [7, 11) is 0. The maximum Gasteiger partial charge on any atom is 0.306 e. The monoisotopic (exact) mass is 230 g/mol. The normalized spacial score (nSPS) is 24.9. The van der Waals surface area contributed by atoms with E-state index < -0.39 is 5.97 Å². The third-order valence-electron chi connectivity index (χ3n) is 3.48. The van der Waals surface area contributed by atoms with Gasteiger partial charge in [-0.25, -0.2) is 0 Å². The van der Waals surface area contributed by atoms with E-state index in [0.29, 0.717) is 5.92 Å². The zero-order valence-electron chi connectivity index (χ0n) is 9.88. The molecule has 0 amide bonds. The number of hydrogen-bond donors (Lipinski definition) is 1. The van der Waals surface area contributed by atoms with Crippen LogP contribution in [0.3, 0.4) is 0 Å². The van der Waals surface area contributed by atoms with E-state index in [1.54, 1.807) is 0 Å². The topological polar surface area (TPSA) is 37.3 Å². The SMILES string of the molecule is O=C(O)C1CCC(/C=C/c2ccccc2)CC1. The van der Waals surface area contributed by atoms with Crippen molar-refractivity contribution in [3.05, 3.63) is 42.0 Å². The number of allylic oxidation sites excluding steroid dienone is 1. The van der Waals surface area contributed by atoms with Gasteiger partial charge in [-0.1, -0.05) is 42.5 Å². The van der Waals surface area contributed by atoms with Crippen LogP contribution in [-0.4, -0.2) is 11.1 Å².